The maximum absolute atomic E-state index is 13.0. The van der Waals surface area contributed by atoms with Gasteiger partial charge in [-0.2, -0.15) is 0 Å². The lowest BCUT2D eigenvalue weighted by Crippen LogP contribution is -2.29. The lowest BCUT2D eigenvalue weighted by atomic mass is 10.2. The molecule has 0 saturated carbocycles. The fourth-order valence-electron chi connectivity index (χ4n) is 2.38. The highest BCUT2D eigenvalue weighted by Crippen LogP contribution is 2.29. The van der Waals surface area contributed by atoms with Crippen LogP contribution in [0.2, 0.25) is 0 Å². The number of amides is 1. The third-order valence-electron chi connectivity index (χ3n) is 3.53. The number of β-amino-alcohol motifs (C(OH)–C–C–N with tert-alkyl or cyclic N) is 1. The van der Waals surface area contributed by atoms with Crippen LogP contribution in [0, 0.1) is 12.7 Å². The summed E-state index contributed by atoms with van der Waals surface area (Å²) >= 11 is 1.31. The molecule has 4 nitrogen and oxygen atoms in total. The molecule has 2 aromatic rings. The largest absolute Gasteiger partial charge is 0.391 e. The van der Waals surface area contributed by atoms with E-state index >= 15 is 0 Å². The van der Waals surface area contributed by atoms with Crippen molar-refractivity contribution in [3.8, 4) is 10.6 Å². The van der Waals surface area contributed by atoms with Crippen molar-refractivity contribution in [2.45, 2.75) is 19.4 Å². The van der Waals surface area contributed by atoms with Crippen LogP contribution in [0.15, 0.2) is 24.3 Å². The predicted octanol–water partition coefficient (Wildman–Crippen LogP) is 2.46. The standard InChI is InChI=1S/C15H15FN2O2S/c1-9-13(15(20)18-7-6-12(19)8-18)21-14(17-9)10-2-4-11(16)5-3-10/h2-5,12,19H,6-8H2,1H3/t12-/m1/s1. The molecule has 1 saturated heterocycles. The Morgan fingerprint density at radius 2 is 2.14 bits per heavy atom. The number of aryl methyl sites for hydroxylation is 1. The number of carbonyl (C=O) groups excluding carboxylic acids is 1. The molecule has 0 spiro atoms. The molecule has 1 N–H and O–H groups in total. The van der Waals surface area contributed by atoms with Crippen LogP contribution in [-0.2, 0) is 0 Å². The van der Waals surface area contributed by atoms with Crippen molar-refractivity contribution in [1.82, 2.24) is 9.88 Å². The zero-order chi connectivity index (χ0) is 15.0. The average Bonchev–Trinajstić information content (AvgIpc) is 3.05. The van der Waals surface area contributed by atoms with E-state index in [2.05, 4.69) is 4.98 Å². The Hall–Kier alpha value is -1.79. The van der Waals surface area contributed by atoms with Crippen molar-refractivity contribution in [2.75, 3.05) is 13.1 Å². The molecule has 2 heterocycles. The Labute approximate surface area is 125 Å². The molecule has 1 aromatic carbocycles. The van der Waals surface area contributed by atoms with Crippen molar-refractivity contribution < 1.29 is 14.3 Å². The molecular formula is C15H15FN2O2S. The van der Waals surface area contributed by atoms with Crippen molar-refractivity contribution in [3.05, 3.63) is 40.7 Å². The second kappa shape index (κ2) is 5.54. The van der Waals surface area contributed by atoms with Crippen molar-refractivity contribution >= 4 is 17.2 Å². The number of aliphatic hydroxyl groups excluding tert-OH is 1. The molecule has 1 aliphatic heterocycles. The Balaban J connectivity index is 1.87. The Kier molecular flexibility index (Phi) is 3.73. The Morgan fingerprint density at radius 1 is 1.43 bits per heavy atom. The number of likely N-dealkylation sites (tertiary alicyclic amines) is 1. The summed E-state index contributed by atoms with van der Waals surface area (Å²) in [4.78, 5) is 19.1. The summed E-state index contributed by atoms with van der Waals surface area (Å²) < 4.78 is 13.0. The maximum atomic E-state index is 13.0. The second-order valence-corrected chi connectivity index (χ2v) is 6.13. The maximum Gasteiger partial charge on any atom is 0.265 e. The quantitative estimate of drug-likeness (QED) is 0.927. The predicted molar refractivity (Wildman–Crippen MR) is 78.8 cm³/mol. The van der Waals surface area contributed by atoms with Gasteiger partial charge in [0.05, 0.1) is 11.8 Å². The van der Waals surface area contributed by atoms with Crippen molar-refractivity contribution in [1.29, 1.82) is 0 Å². The fraction of sp³-hybridized carbons (Fsp3) is 0.333. The molecule has 6 heteroatoms. The average molecular weight is 306 g/mol. The van der Waals surface area contributed by atoms with Crippen molar-refractivity contribution in [2.24, 2.45) is 0 Å². The molecule has 1 aliphatic rings. The van der Waals surface area contributed by atoms with Gasteiger partial charge in [0.2, 0.25) is 0 Å². The van der Waals surface area contributed by atoms with E-state index in [9.17, 15) is 14.3 Å². The molecular weight excluding hydrogens is 291 g/mol. The zero-order valence-corrected chi connectivity index (χ0v) is 12.4. The number of hydrogen-bond acceptors (Lipinski definition) is 4. The first-order chi connectivity index (χ1) is 10.0. The van der Waals surface area contributed by atoms with Gasteiger partial charge in [-0.25, -0.2) is 9.37 Å². The van der Waals surface area contributed by atoms with Crippen LogP contribution < -0.4 is 0 Å². The number of thiazole rings is 1. The first-order valence-corrected chi connectivity index (χ1v) is 7.57. The lowest BCUT2D eigenvalue weighted by Gasteiger charge is -2.14. The van der Waals surface area contributed by atoms with Gasteiger partial charge >= 0.3 is 0 Å². The first-order valence-electron chi connectivity index (χ1n) is 6.75. The van der Waals surface area contributed by atoms with E-state index in [1.54, 1.807) is 24.0 Å². The van der Waals surface area contributed by atoms with E-state index in [0.717, 1.165) is 5.56 Å². The minimum atomic E-state index is -0.432. The number of hydrogen-bond donors (Lipinski definition) is 1. The van der Waals surface area contributed by atoms with Gasteiger partial charge in [-0.3, -0.25) is 4.79 Å². The smallest absolute Gasteiger partial charge is 0.265 e. The van der Waals surface area contributed by atoms with Crippen LogP contribution >= 0.6 is 11.3 Å². The normalized spacial score (nSPS) is 18.2. The van der Waals surface area contributed by atoms with Gasteiger partial charge in [0.15, 0.2) is 0 Å². The van der Waals surface area contributed by atoms with Gasteiger partial charge in [0.25, 0.3) is 5.91 Å². The van der Waals surface area contributed by atoms with E-state index in [1.165, 1.54) is 23.5 Å². The minimum absolute atomic E-state index is 0.0880. The molecule has 21 heavy (non-hydrogen) atoms. The third-order valence-corrected chi connectivity index (χ3v) is 4.73. The summed E-state index contributed by atoms with van der Waals surface area (Å²) in [5.41, 5.74) is 1.47. The molecule has 0 bridgehead atoms. The molecule has 3 rings (SSSR count). The SMILES string of the molecule is Cc1nc(-c2ccc(F)cc2)sc1C(=O)N1CC[C@@H](O)C1. The number of aromatic nitrogens is 1. The van der Waals surface area contributed by atoms with E-state index in [0.29, 0.717) is 35.1 Å². The summed E-state index contributed by atoms with van der Waals surface area (Å²) in [5, 5.41) is 10.2. The van der Waals surface area contributed by atoms with Gasteiger partial charge in [0.1, 0.15) is 15.7 Å². The summed E-state index contributed by atoms with van der Waals surface area (Å²) in [6.07, 6.45) is 0.188. The number of halogens is 1. The second-order valence-electron chi connectivity index (χ2n) is 5.13. The summed E-state index contributed by atoms with van der Waals surface area (Å²) in [7, 11) is 0. The highest BCUT2D eigenvalue weighted by Gasteiger charge is 2.28. The van der Waals surface area contributed by atoms with Gasteiger partial charge in [0, 0.05) is 18.7 Å². The Bertz CT molecular complexity index is 669. The number of nitrogens with zero attached hydrogens (tertiary/aromatic N) is 2. The summed E-state index contributed by atoms with van der Waals surface area (Å²) in [5.74, 6) is -0.385. The highest BCUT2D eigenvalue weighted by atomic mass is 32.1. The molecule has 1 atom stereocenters. The van der Waals surface area contributed by atoms with E-state index in [-0.39, 0.29) is 11.7 Å². The highest BCUT2D eigenvalue weighted by molar-refractivity contribution is 7.17. The fourth-order valence-corrected chi connectivity index (χ4v) is 3.42. The van der Waals surface area contributed by atoms with Gasteiger partial charge in [-0.05, 0) is 37.6 Å². The molecule has 1 amide bonds. The lowest BCUT2D eigenvalue weighted by molar-refractivity contribution is 0.0769. The van der Waals surface area contributed by atoms with E-state index in [4.69, 9.17) is 0 Å². The van der Waals surface area contributed by atoms with E-state index < -0.39 is 6.10 Å². The molecule has 1 aromatic heterocycles. The van der Waals surface area contributed by atoms with Gasteiger partial charge in [-0.15, -0.1) is 11.3 Å². The van der Waals surface area contributed by atoms with Crippen LogP contribution in [0.3, 0.4) is 0 Å². The zero-order valence-electron chi connectivity index (χ0n) is 11.5. The van der Waals surface area contributed by atoms with Crippen LogP contribution in [-0.4, -0.2) is 40.1 Å². The molecule has 1 fully saturated rings. The van der Waals surface area contributed by atoms with E-state index in [1.807, 2.05) is 0 Å². The van der Waals surface area contributed by atoms with Crippen LogP contribution in [0.4, 0.5) is 4.39 Å². The molecule has 0 unspecified atom stereocenters. The summed E-state index contributed by atoms with van der Waals surface area (Å²) in [6, 6.07) is 6.07. The number of aliphatic hydroxyl groups is 1. The third kappa shape index (κ3) is 2.82. The number of carbonyl (C=O) groups is 1. The Morgan fingerprint density at radius 3 is 2.76 bits per heavy atom. The topological polar surface area (TPSA) is 53.4 Å². The molecule has 110 valence electrons. The first kappa shape index (κ1) is 14.2. The molecule has 0 aliphatic carbocycles. The van der Waals surface area contributed by atoms with Crippen LogP contribution in [0.25, 0.3) is 10.6 Å². The summed E-state index contributed by atoms with van der Waals surface area (Å²) in [6.45, 7) is 2.74. The van der Waals surface area contributed by atoms with Crippen LogP contribution in [0.1, 0.15) is 21.8 Å². The monoisotopic (exact) mass is 306 g/mol. The van der Waals surface area contributed by atoms with Crippen molar-refractivity contribution in [3.63, 3.8) is 0 Å². The van der Waals surface area contributed by atoms with Gasteiger partial charge in [-0.1, -0.05) is 0 Å². The number of benzene rings is 1. The van der Waals surface area contributed by atoms with Gasteiger partial charge < -0.3 is 10.0 Å². The molecule has 0 radical (unpaired) electrons. The minimum Gasteiger partial charge on any atom is -0.391 e. The van der Waals surface area contributed by atoms with Crippen LogP contribution in [0.5, 0.6) is 0 Å². The number of rotatable bonds is 2.